The van der Waals surface area contributed by atoms with Crippen LogP contribution < -0.4 is 15.6 Å². The van der Waals surface area contributed by atoms with Crippen LogP contribution in [0.4, 0.5) is 15.2 Å². The smallest absolute Gasteiger partial charge is 0.311 e. The lowest BCUT2D eigenvalue weighted by Gasteiger charge is -2.34. The van der Waals surface area contributed by atoms with Crippen molar-refractivity contribution in [2.24, 2.45) is 0 Å². The van der Waals surface area contributed by atoms with Gasteiger partial charge >= 0.3 is 5.97 Å². The van der Waals surface area contributed by atoms with Gasteiger partial charge in [0.2, 0.25) is 5.43 Å². The second kappa shape index (κ2) is 10.5. The number of pyridine rings is 1. The third-order valence-electron chi connectivity index (χ3n) is 5.98. The fourth-order valence-corrected chi connectivity index (χ4v) is 4.79. The van der Waals surface area contributed by atoms with Crippen molar-refractivity contribution in [1.82, 2.24) is 14.5 Å². The highest BCUT2D eigenvalue weighted by atomic mass is 32.1. The Hall–Kier alpha value is -3.31. The molecule has 0 spiro atoms. The molecule has 4 rings (SSSR count). The number of aromatic nitrogens is 2. The second-order valence-corrected chi connectivity index (χ2v) is 9.21. The van der Waals surface area contributed by atoms with Crippen LogP contribution in [0.5, 0.6) is 0 Å². The number of piperazine rings is 1. The average molecular weight is 502 g/mol. The number of fused-ring (bicyclic) bond motifs is 1. The van der Waals surface area contributed by atoms with Gasteiger partial charge in [-0.25, -0.2) is 9.37 Å². The van der Waals surface area contributed by atoms with Crippen molar-refractivity contribution in [2.45, 2.75) is 26.8 Å². The summed E-state index contributed by atoms with van der Waals surface area (Å²) in [6, 6.07) is 2.93. The number of hydrogen-bond acceptors (Lipinski definition) is 8. The van der Waals surface area contributed by atoms with Gasteiger partial charge < -0.3 is 19.1 Å². The number of hydrogen-bond donors (Lipinski definition) is 1. The first kappa shape index (κ1) is 24.8. The van der Waals surface area contributed by atoms with Crippen molar-refractivity contribution in [1.29, 1.82) is 0 Å². The van der Waals surface area contributed by atoms with Crippen LogP contribution in [0.15, 0.2) is 28.5 Å². The van der Waals surface area contributed by atoms with Gasteiger partial charge in [-0.2, -0.15) is 0 Å². The van der Waals surface area contributed by atoms with E-state index in [-0.39, 0.29) is 29.1 Å². The largest absolute Gasteiger partial charge is 0.466 e. The molecule has 11 heteroatoms. The Morgan fingerprint density at radius 2 is 1.94 bits per heavy atom. The monoisotopic (exact) mass is 501 g/mol. The molecule has 1 aromatic carbocycles. The number of amides is 1. The molecule has 1 saturated heterocycles. The van der Waals surface area contributed by atoms with Gasteiger partial charge in [0, 0.05) is 49.7 Å². The van der Waals surface area contributed by atoms with Crippen molar-refractivity contribution in [3.63, 3.8) is 0 Å². The number of likely N-dealkylation sites (N-methyl/N-ethyl adjacent to an activating group) is 1. The fraction of sp³-hybridized carbons (Fsp3) is 0.417. The lowest BCUT2D eigenvalue weighted by Crippen LogP contribution is -2.44. The molecule has 0 bridgehead atoms. The number of carbonyl (C=O) groups is 2. The van der Waals surface area contributed by atoms with Crippen molar-refractivity contribution < 1.29 is 18.7 Å². The van der Waals surface area contributed by atoms with E-state index in [0.717, 1.165) is 24.4 Å². The molecule has 1 amide bonds. The maximum absolute atomic E-state index is 15.1. The predicted molar refractivity (Wildman–Crippen MR) is 134 cm³/mol. The number of ether oxygens (including phenoxy) is 1. The first-order chi connectivity index (χ1) is 16.8. The lowest BCUT2D eigenvalue weighted by atomic mass is 10.1. The minimum atomic E-state index is -0.639. The van der Waals surface area contributed by atoms with Crippen LogP contribution >= 0.6 is 11.3 Å². The molecule has 0 radical (unpaired) electrons. The number of rotatable bonds is 7. The summed E-state index contributed by atoms with van der Waals surface area (Å²) >= 11 is 1.14. The topological polar surface area (TPSA) is 96.8 Å². The van der Waals surface area contributed by atoms with Gasteiger partial charge in [0.1, 0.15) is 11.4 Å². The summed E-state index contributed by atoms with van der Waals surface area (Å²) in [4.78, 5) is 46.2. The zero-order valence-electron chi connectivity index (χ0n) is 20.0. The van der Waals surface area contributed by atoms with Crippen LogP contribution in [0, 0.1) is 5.82 Å². The van der Waals surface area contributed by atoms with Gasteiger partial charge in [0.25, 0.3) is 5.91 Å². The molecule has 0 saturated carbocycles. The Morgan fingerprint density at radius 1 is 1.20 bits per heavy atom. The Labute approximate surface area is 206 Å². The van der Waals surface area contributed by atoms with Crippen LogP contribution in [0.1, 0.15) is 29.9 Å². The lowest BCUT2D eigenvalue weighted by molar-refractivity contribution is -0.142. The van der Waals surface area contributed by atoms with Gasteiger partial charge in [-0.1, -0.05) is 0 Å². The van der Waals surface area contributed by atoms with E-state index in [1.807, 2.05) is 18.9 Å². The van der Waals surface area contributed by atoms with E-state index in [9.17, 15) is 14.4 Å². The van der Waals surface area contributed by atoms with E-state index in [1.165, 1.54) is 12.3 Å². The number of carbonyl (C=O) groups excluding carboxylic acids is 2. The summed E-state index contributed by atoms with van der Waals surface area (Å²) in [5.41, 5.74) is 0.853. The Bertz CT molecular complexity index is 1310. The molecular formula is C24H28FN5O4S. The third-order valence-corrected chi connectivity index (χ3v) is 6.79. The van der Waals surface area contributed by atoms with Gasteiger partial charge in [0.05, 0.1) is 29.9 Å². The molecule has 1 aliphatic heterocycles. The van der Waals surface area contributed by atoms with E-state index in [2.05, 4.69) is 15.2 Å². The van der Waals surface area contributed by atoms with Crippen molar-refractivity contribution >= 4 is 44.9 Å². The molecule has 3 aromatic rings. The molecule has 2 aromatic heterocycles. The number of benzene rings is 1. The highest BCUT2D eigenvalue weighted by Crippen LogP contribution is 2.26. The first-order valence-corrected chi connectivity index (χ1v) is 12.4. The number of nitrogens with zero attached hydrogens (tertiary/aromatic N) is 4. The van der Waals surface area contributed by atoms with E-state index < -0.39 is 23.1 Å². The Balaban J connectivity index is 1.62. The Morgan fingerprint density at radius 3 is 2.63 bits per heavy atom. The molecule has 1 N–H and O–H groups in total. The molecule has 9 nitrogen and oxygen atoms in total. The van der Waals surface area contributed by atoms with Crippen molar-refractivity contribution in [2.75, 3.05) is 50.1 Å². The molecule has 0 atom stereocenters. The minimum absolute atomic E-state index is 0.00621. The summed E-state index contributed by atoms with van der Waals surface area (Å²) in [5, 5.41) is 4.67. The number of aryl methyl sites for hydroxylation is 1. The third kappa shape index (κ3) is 5.35. The predicted octanol–water partition coefficient (Wildman–Crippen LogP) is 2.73. The molecule has 35 heavy (non-hydrogen) atoms. The van der Waals surface area contributed by atoms with Crippen molar-refractivity contribution in [3.05, 3.63) is 51.0 Å². The number of nitrogens with one attached hydrogen (secondary N) is 1. The van der Waals surface area contributed by atoms with E-state index in [0.29, 0.717) is 36.5 Å². The fourth-order valence-electron chi connectivity index (χ4n) is 4.08. The van der Waals surface area contributed by atoms with Gasteiger partial charge in [-0.05, 0) is 33.0 Å². The maximum Gasteiger partial charge on any atom is 0.311 e. The van der Waals surface area contributed by atoms with E-state index in [4.69, 9.17) is 4.74 Å². The summed E-state index contributed by atoms with van der Waals surface area (Å²) < 4.78 is 21.8. The highest BCUT2D eigenvalue weighted by molar-refractivity contribution is 7.14. The summed E-state index contributed by atoms with van der Waals surface area (Å²) in [7, 11) is 2.03. The Kier molecular flexibility index (Phi) is 7.46. The second-order valence-electron chi connectivity index (χ2n) is 8.35. The number of thiazole rings is 1. The van der Waals surface area contributed by atoms with Crippen LogP contribution in [-0.2, 0) is 22.5 Å². The van der Waals surface area contributed by atoms with Gasteiger partial charge in [-0.3, -0.25) is 19.7 Å². The molecule has 186 valence electrons. The zero-order chi connectivity index (χ0) is 25.1. The van der Waals surface area contributed by atoms with Crippen LogP contribution in [0.3, 0.4) is 0 Å². The van der Waals surface area contributed by atoms with Gasteiger partial charge in [-0.15, -0.1) is 11.3 Å². The first-order valence-electron chi connectivity index (χ1n) is 11.5. The molecule has 1 fully saturated rings. The molecular weight excluding hydrogens is 473 g/mol. The van der Waals surface area contributed by atoms with E-state index in [1.54, 1.807) is 22.9 Å². The van der Waals surface area contributed by atoms with Crippen LogP contribution in [-0.4, -0.2) is 66.2 Å². The van der Waals surface area contributed by atoms with E-state index >= 15 is 4.39 Å². The summed E-state index contributed by atoms with van der Waals surface area (Å²) in [6.07, 6.45) is 1.49. The molecule has 3 heterocycles. The van der Waals surface area contributed by atoms with Gasteiger partial charge in [0.15, 0.2) is 5.13 Å². The van der Waals surface area contributed by atoms with Crippen molar-refractivity contribution in [3.8, 4) is 0 Å². The zero-order valence-corrected chi connectivity index (χ0v) is 20.8. The quantitative estimate of drug-likeness (QED) is 0.497. The number of anilines is 2. The molecule has 0 aliphatic carbocycles. The molecule has 0 unspecified atom stereocenters. The average Bonchev–Trinajstić information content (AvgIpc) is 3.26. The normalized spacial score (nSPS) is 14.3. The molecule has 1 aliphatic rings. The maximum atomic E-state index is 15.1. The standard InChI is InChI=1S/C24H28FN5O4S/c1-4-29-13-17(23(33)27-24-26-15(14-35-24)10-21(31)34-5-2)22(32)16-11-18(25)20(12-19(16)29)30-8-6-28(3)7-9-30/h11-14H,4-10H2,1-3H3,(H,26,27,33). The SMILES string of the molecule is CCOC(=O)Cc1csc(NC(=O)c2cn(CC)c3cc(N4CCN(C)CC4)c(F)cc3c2=O)n1. The summed E-state index contributed by atoms with van der Waals surface area (Å²) in [6.45, 7) is 7.43. The number of halogens is 1. The van der Waals surface area contributed by atoms with Crippen LogP contribution in [0.25, 0.3) is 10.9 Å². The minimum Gasteiger partial charge on any atom is -0.466 e. The van der Waals surface area contributed by atoms with Crippen LogP contribution in [0.2, 0.25) is 0 Å². The summed E-state index contributed by atoms with van der Waals surface area (Å²) in [5.74, 6) is -1.53. The number of esters is 1. The highest BCUT2D eigenvalue weighted by Gasteiger charge is 2.22.